The van der Waals surface area contributed by atoms with Crippen LogP contribution in [0.15, 0.2) is 24.3 Å². The molecular formula is C13H19FN2O2S. The molecule has 1 heterocycles. The summed E-state index contributed by atoms with van der Waals surface area (Å²) in [6.07, 6.45) is 1.52. The van der Waals surface area contributed by atoms with E-state index in [1.807, 2.05) is 0 Å². The van der Waals surface area contributed by atoms with Gasteiger partial charge in [0.15, 0.2) is 0 Å². The summed E-state index contributed by atoms with van der Waals surface area (Å²) in [6.45, 7) is 1.42. The van der Waals surface area contributed by atoms with Crippen molar-refractivity contribution in [1.82, 2.24) is 9.62 Å². The molecule has 1 aromatic rings. The first-order valence-electron chi connectivity index (χ1n) is 6.41. The van der Waals surface area contributed by atoms with Crippen molar-refractivity contribution in [3.8, 4) is 0 Å². The molecule has 4 nitrogen and oxygen atoms in total. The molecule has 19 heavy (non-hydrogen) atoms. The summed E-state index contributed by atoms with van der Waals surface area (Å²) in [5.74, 6) is -0.369. The van der Waals surface area contributed by atoms with E-state index in [4.69, 9.17) is 0 Å². The van der Waals surface area contributed by atoms with Crippen molar-refractivity contribution in [2.24, 2.45) is 0 Å². The molecular weight excluding hydrogens is 267 g/mol. The molecule has 1 aliphatic rings. The number of piperidine rings is 1. The van der Waals surface area contributed by atoms with Gasteiger partial charge in [0.1, 0.15) is 5.82 Å². The molecule has 0 spiro atoms. The standard InChI is InChI=1S/C13H19FN2O2S/c1-16(10-11-5-2-3-7-13(11)14)19(17,18)12-6-4-8-15-9-12/h2-3,5,7,12,15H,4,6,8-10H2,1H3. The van der Waals surface area contributed by atoms with Crippen LogP contribution in [-0.4, -0.2) is 38.1 Å². The molecule has 2 rings (SSSR count). The molecule has 6 heteroatoms. The number of hydrogen-bond donors (Lipinski definition) is 1. The predicted octanol–water partition coefficient (Wildman–Crippen LogP) is 1.34. The first-order valence-corrected chi connectivity index (χ1v) is 7.91. The number of benzene rings is 1. The summed E-state index contributed by atoms with van der Waals surface area (Å²) in [5.41, 5.74) is 0.400. The molecule has 1 N–H and O–H groups in total. The maximum Gasteiger partial charge on any atom is 0.218 e. The van der Waals surface area contributed by atoms with Crippen molar-refractivity contribution in [2.45, 2.75) is 24.6 Å². The highest BCUT2D eigenvalue weighted by atomic mass is 32.2. The molecule has 1 atom stereocenters. The normalized spacial score (nSPS) is 20.7. The number of halogens is 1. The molecule has 0 aliphatic carbocycles. The van der Waals surface area contributed by atoms with Crippen LogP contribution in [0.4, 0.5) is 4.39 Å². The van der Waals surface area contributed by atoms with Crippen LogP contribution in [0, 0.1) is 5.82 Å². The molecule has 1 unspecified atom stereocenters. The van der Waals surface area contributed by atoms with E-state index in [0.717, 1.165) is 13.0 Å². The maximum atomic E-state index is 13.5. The fraction of sp³-hybridized carbons (Fsp3) is 0.538. The van der Waals surface area contributed by atoms with Crippen LogP contribution in [0.3, 0.4) is 0 Å². The Hall–Kier alpha value is -0.980. The third kappa shape index (κ3) is 3.32. The van der Waals surface area contributed by atoms with Crippen molar-refractivity contribution < 1.29 is 12.8 Å². The molecule has 0 radical (unpaired) electrons. The fourth-order valence-electron chi connectivity index (χ4n) is 2.29. The first kappa shape index (κ1) is 14.4. The molecule has 1 saturated heterocycles. The van der Waals surface area contributed by atoms with Crippen molar-refractivity contribution in [3.63, 3.8) is 0 Å². The van der Waals surface area contributed by atoms with Gasteiger partial charge in [-0.2, -0.15) is 0 Å². The monoisotopic (exact) mass is 286 g/mol. The Morgan fingerprint density at radius 2 is 2.16 bits per heavy atom. The zero-order valence-corrected chi connectivity index (χ0v) is 11.8. The number of sulfonamides is 1. The highest BCUT2D eigenvalue weighted by molar-refractivity contribution is 7.89. The van der Waals surface area contributed by atoms with E-state index in [1.165, 1.54) is 17.4 Å². The van der Waals surface area contributed by atoms with Crippen LogP contribution >= 0.6 is 0 Å². The predicted molar refractivity (Wildman–Crippen MR) is 72.7 cm³/mol. The topological polar surface area (TPSA) is 49.4 Å². The van der Waals surface area contributed by atoms with Crippen molar-refractivity contribution in [1.29, 1.82) is 0 Å². The van der Waals surface area contributed by atoms with E-state index < -0.39 is 15.3 Å². The van der Waals surface area contributed by atoms with Crippen LogP contribution in [0.2, 0.25) is 0 Å². The van der Waals surface area contributed by atoms with Crippen LogP contribution in [0.25, 0.3) is 0 Å². The van der Waals surface area contributed by atoms with Gasteiger partial charge in [-0.1, -0.05) is 18.2 Å². The second-order valence-electron chi connectivity index (χ2n) is 4.86. The van der Waals surface area contributed by atoms with Crippen LogP contribution in [-0.2, 0) is 16.6 Å². The summed E-state index contributed by atoms with van der Waals surface area (Å²) in [5, 5.41) is 2.69. The van der Waals surface area contributed by atoms with Gasteiger partial charge in [-0.05, 0) is 25.5 Å². The van der Waals surface area contributed by atoms with Crippen molar-refractivity contribution >= 4 is 10.0 Å². The molecule has 106 valence electrons. The summed E-state index contributed by atoms with van der Waals surface area (Å²) in [4.78, 5) is 0. The summed E-state index contributed by atoms with van der Waals surface area (Å²) in [6, 6.07) is 6.26. The minimum absolute atomic E-state index is 0.0749. The average molecular weight is 286 g/mol. The largest absolute Gasteiger partial charge is 0.315 e. The smallest absolute Gasteiger partial charge is 0.218 e. The van der Waals surface area contributed by atoms with E-state index in [1.54, 1.807) is 18.2 Å². The average Bonchev–Trinajstić information content (AvgIpc) is 2.42. The first-order chi connectivity index (χ1) is 9.01. The Balaban J connectivity index is 2.10. The Bertz CT molecular complexity index is 527. The highest BCUT2D eigenvalue weighted by Crippen LogP contribution is 2.18. The second-order valence-corrected chi connectivity index (χ2v) is 7.18. The molecule has 0 bridgehead atoms. The Morgan fingerprint density at radius 3 is 2.79 bits per heavy atom. The lowest BCUT2D eigenvalue weighted by Crippen LogP contribution is -2.44. The minimum atomic E-state index is -3.37. The molecule has 0 aromatic heterocycles. The number of rotatable bonds is 4. The lowest BCUT2D eigenvalue weighted by molar-refractivity contribution is 0.424. The quantitative estimate of drug-likeness (QED) is 0.908. The maximum absolute atomic E-state index is 13.5. The lowest BCUT2D eigenvalue weighted by Gasteiger charge is -2.27. The van der Waals surface area contributed by atoms with Crippen LogP contribution in [0.5, 0.6) is 0 Å². The molecule has 0 saturated carbocycles. The lowest BCUT2D eigenvalue weighted by atomic mass is 10.2. The SMILES string of the molecule is CN(Cc1ccccc1F)S(=O)(=O)C1CCCNC1. The van der Waals surface area contributed by atoms with Gasteiger partial charge in [-0.3, -0.25) is 0 Å². The Kier molecular flexibility index (Phi) is 4.54. The summed E-state index contributed by atoms with van der Waals surface area (Å²) in [7, 11) is -1.86. The zero-order valence-electron chi connectivity index (χ0n) is 11.0. The van der Waals surface area contributed by atoms with Gasteiger partial charge < -0.3 is 5.32 Å². The van der Waals surface area contributed by atoms with E-state index in [0.29, 0.717) is 18.5 Å². The van der Waals surface area contributed by atoms with Crippen molar-refractivity contribution in [3.05, 3.63) is 35.6 Å². The van der Waals surface area contributed by atoms with Gasteiger partial charge in [0, 0.05) is 25.7 Å². The Labute approximate surface area is 113 Å². The van der Waals surface area contributed by atoms with E-state index >= 15 is 0 Å². The molecule has 1 aromatic carbocycles. The minimum Gasteiger partial charge on any atom is -0.315 e. The summed E-state index contributed by atoms with van der Waals surface area (Å²) >= 11 is 0. The Morgan fingerprint density at radius 1 is 1.42 bits per heavy atom. The molecule has 1 fully saturated rings. The van der Waals surface area contributed by atoms with Gasteiger partial charge in [0.25, 0.3) is 0 Å². The fourth-order valence-corrected chi connectivity index (χ4v) is 3.91. The van der Waals surface area contributed by atoms with Gasteiger partial charge in [0.05, 0.1) is 5.25 Å². The number of nitrogens with zero attached hydrogens (tertiary/aromatic N) is 1. The van der Waals surface area contributed by atoms with Gasteiger partial charge in [-0.25, -0.2) is 17.1 Å². The summed E-state index contributed by atoms with van der Waals surface area (Å²) < 4.78 is 39.5. The second kappa shape index (κ2) is 5.98. The van der Waals surface area contributed by atoms with Gasteiger partial charge >= 0.3 is 0 Å². The zero-order chi connectivity index (χ0) is 13.9. The van der Waals surface area contributed by atoms with Crippen molar-refractivity contribution in [2.75, 3.05) is 20.1 Å². The van der Waals surface area contributed by atoms with E-state index in [-0.39, 0.29) is 12.4 Å². The number of nitrogens with one attached hydrogen (secondary N) is 1. The van der Waals surface area contributed by atoms with Gasteiger partial charge in [-0.15, -0.1) is 0 Å². The van der Waals surface area contributed by atoms with Gasteiger partial charge in [0.2, 0.25) is 10.0 Å². The number of hydrogen-bond acceptors (Lipinski definition) is 3. The van der Waals surface area contributed by atoms with Crippen LogP contribution in [0.1, 0.15) is 18.4 Å². The van der Waals surface area contributed by atoms with E-state index in [2.05, 4.69) is 5.32 Å². The molecule has 0 amide bonds. The highest BCUT2D eigenvalue weighted by Gasteiger charge is 2.31. The molecule has 1 aliphatic heterocycles. The van der Waals surface area contributed by atoms with E-state index in [9.17, 15) is 12.8 Å². The third-order valence-electron chi connectivity index (χ3n) is 3.46. The third-order valence-corrected chi connectivity index (χ3v) is 5.70. The van der Waals surface area contributed by atoms with Crippen LogP contribution < -0.4 is 5.32 Å².